The summed E-state index contributed by atoms with van der Waals surface area (Å²) >= 11 is 0. The summed E-state index contributed by atoms with van der Waals surface area (Å²) < 4.78 is 1.98. The van der Waals surface area contributed by atoms with E-state index in [1.807, 2.05) is 48.2 Å². The van der Waals surface area contributed by atoms with Crippen LogP contribution in [0.5, 0.6) is 5.75 Å². The zero-order valence-electron chi connectivity index (χ0n) is 20.9. The van der Waals surface area contributed by atoms with Gasteiger partial charge in [0.15, 0.2) is 0 Å². The van der Waals surface area contributed by atoms with Gasteiger partial charge in [0.1, 0.15) is 5.75 Å². The number of phenolic OH excluding ortho intramolecular Hbond substituents is 1. The highest BCUT2D eigenvalue weighted by Gasteiger charge is 2.53. The van der Waals surface area contributed by atoms with Crippen molar-refractivity contribution in [2.45, 2.75) is 65.2 Å². The van der Waals surface area contributed by atoms with E-state index in [1.165, 1.54) is 36.1 Å². The number of fused-ring (bicyclic) bond motifs is 5. The largest absolute Gasteiger partial charge is 0.508 e. The Labute approximate surface area is 207 Å². The lowest BCUT2D eigenvalue weighted by atomic mass is 9.55. The molecule has 0 spiro atoms. The van der Waals surface area contributed by atoms with Gasteiger partial charge in [-0.05, 0) is 106 Å². The van der Waals surface area contributed by atoms with E-state index < -0.39 is 0 Å². The number of rotatable bonds is 3. The molecule has 0 amide bonds. The summed E-state index contributed by atoms with van der Waals surface area (Å²) in [7, 11) is 0. The second-order valence-electron chi connectivity index (χ2n) is 10.9. The molecule has 6 rings (SSSR count). The molecule has 2 fully saturated rings. The van der Waals surface area contributed by atoms with Crippen molar-refractivity contribution in [1.82, 2.24) is 9.78 Å². The van der Waals surface area contributed by atoms with Crippen LogP contribution in [0.1, 0.15) is 73.0 Å². The van der Waals surface area contributed by atoms with Crippen LogP contribution in [-0.4, -0.2) is 26.8 Å². The maximum absolute atomic E-state index is 9.93. The molecule has 5 heteroatoms. The summed E-state index contributed by atoms with van der Waals surface area (Å²) in [6.45, 7) is 6.57. The van der Waals surface area contributed by atoms with Crippen molar-refractivity contribution in [3.05, 3.63) is 76.6 Å². The van der Waals surface area contributed by atoms with Crippen molar-refractivity contribution in [2.75, 3.05) is 0 Å². The summed E-state index contributed by atoms with van der Waals surface area (Å²) in [6, 6.07) is 16.3. The van der Waals surface area contributed by atoms with Gasteiger partial charge in [0.05, 0.1) is 23.3 Å². The van der Waals surface area contributed by atoms with Crippen molar-refractivity contribution in [2.24, 2.45) is 27.5 Å². The number of benzene rings is 2. The molecular weight excluding hydrogens is 432 g/mol. The summed E-state index contributed by atoms with van der Waals surface area (Å²) in [5.74, 6) is 2.39. The van der Waals surface area contributed by atoms with E-state index >= 15 is 0 Å². The molecule has 0 saturated heterocycles. The van der Waals surface area contributed by atoms with E-state index in [0.29, 0.717) is 23.5 Å². The van der Waals surface area contributed by atoms with Crippen molar-refractivity contribution < 1.29 is 5.11 Å². The van der Waals surface area contributed by atoms with Gasteiger partial charge in [-0.3, -0.25) is 0 Å². The average Bonchev–Trinajstić information content (AvgIpc) is 3.35. The molecule has 1 heterocycles. The molecule has 4 unspecified atom stereocenters. The van der Waals surface area contributed by atoms with Crippen LogP contribution in [0.15, 0.2) is 58.7 Å². The Kier molecular flexibility index (Phi) is 5.39. The summed E-state index contributed by atoms with van der Waals surface area (Å²) in [4.78, 5) is 0. The van der Waals surface area contributed by atoms with Crippen LogP contribution in [0.4, 0.5) is 0 Å². The molecule has 2 aromatic carbocycles. The zero-order valence-corrected chi connectivity index (χ0v) is 20.9. The Morgan fingerprint density at radius 1 is 1.06 bits per heavy atom. The Morgan fingerprint density at radius 3 is 2.71 bits per heavy atom. The van der Waals surface area contributed by atoms with E-state index in [2.05, 4.69) is 37.1 Å². The second-order valence-corrected chi connectivity index (χ2v) is 10.9. The molecule has 4 atom stereocenters. The normalized spacial score (nSPS) is 28.8. The maximum atomic E-state index is 9.93. The third kappa shape index (κ3) is 3.64. The molecule has 3 aliphatic carbocycles. The number of nitrogens with zero attached hydrogens (tertiary/aromatic N) is 4. The Bertz CT molecular complexity index is 1320. The molecule has 1 aromatic heterocycles. The van der Waals surface area contributed by atoms with E-state index in [-0.39, 0.29) is 5.41 Å². The predicted molar refractivity (Wildman–Crippen MR) is 141 cm³/mol. The van der Waals surface area contributed by atoms with E-state index in [4.69, 9.17) is 10.2 Å². The van der Waals surface area contributed by atoms with E-state index in [0.717, 1.165) is 41.9 Å². The molecule has 5 nitrogen and oxygen atoms in total. The first-order valence-electron chi connectivity index (χ1n) is 13.0. The highest BCUT2D eigenvalue weighted by Crippen LogP contribution is 2.60. The number of hydrogen-bond donors (Lipinski definition) is 1. The zero-order chi connectivity index (χ0) is 24.2. The number of hydrogen-bond acceptors (Lipinski definition) is 4. The van der Waals surface area contributed by atoms with Gasteiger partial charge >= 0.3 is 0 Å². The Balaban J connectivity index is 1.24. The van der Waals surface area contributed by atoms with E-state index in [9.17, 15) is 5.11 Å². The highest BCUT2D eigenvalue weighted by atomic mass is 16.3. The summed E-state index contributed by atoms with van der Waals surface area (Å²) in [5, 5.41) is 24.1. The Hall–Kier alpha value is -3.21. The molecule has 180 valence electrons. The molecule has 1 N–H and O–H groups in total. The molecule has 0 bridgehead atoms. The topological polar surface area (TPSA) is 62.8 Å². The first kappa shape index (κ1) is 22.3. The molecule has 35 heavy (non-hydrogen) atoms. The van der Waals surface area contributed by atoms with Crippen LogP contribution in [-0.2, 0) is 6.42 Å². The predicted octanol–water partition coefficient (Wildman–Crippen LogP) is 6.53. The molecule has 3 aromatic rings. The fourth-order valence-corrected chi connectivity index (χ4v) is 7.34. The van der Waals surface area contributed by atoms with Crippen LogP contribution in [0.3, 0.4) is 0 Å². The monoisotopic (exact) mass is 466 g/mol. The third-order valence-electron chi connectivity index (χ3n) is 9.16. The fraction of sp³-hybridized carbons (Fsp3) is 0.433. The van der Waals surface area contributed by atoms with Crippen LogP contribution in [0.25, 0.3) is 5.69 Å². The van der Waals surface area contributed by atoms with Gasteiger partial charge in [-0.2, -0.15) is 15.3 Å². The number of aromatic nitrogens is 2. The molecular formula is C30H34N4O. The van der Waals surface area contributed by atoms with Gasteiger partial charge in [-0.25, -0.2) is 4.68 Å². The van der Waals surface area contributed by atoms with Crippen molar-refractivity contribution >= 4 is 11.9 Å². The highest BCUT2D eigenvalue weighted by molar-refractivity contribution is 5.93. The Morgan fingerprint density at radius 2 is 1.89 bits per heavy atom. The SMILES string of the molecule is Cc1nn(-c2ccccc2)c(C)c1C=NN=C1CCC2C3CCc4cc(O)ccc4C3CCC12C. The summed E-state index contributed by atoms with van der Waals surface area (Å²) in [5.41, 5.74) is 8.42. The number of aromatic hydroxyl groups is 1. The average molecular weight is 467 g/mol. The number of phenols is 1. The van der Waals surface area contributed by atoms with E-state index in [1.54, 1.807) is 0 Å². The second kappa shape index (κ2) is 8.47. The molecule has 2 saturated carbocycles. The molecule has 0 radical (unpaired) electrons. The smallest absolute Gasteiger partial charge is 0.115 e. The first-order chi connectivity index (χ1) is 17.0. The lowest BCUT2D eigenvalue weighted by Crippen LogP contribution is -2.42. The maximum Gasteiger partial charge on any atom is 0.115 e. The minimum absolute atomic E-state index is 0.144. The van der Waals surface area contributed by atoms with Crippen LogP contribution in [0.2, 0.25) is 0 Å². The van der Waals surface area contributed by atoms with Crippen LogP contribution < -0.4 is 0 Å². The van der Waals surface area contributed by atoms with Gasteiger partial charge in [-0.15, -0.1) is 0 Å². The lowest BCUT2D eigenvalue weighted by Gasteiger charge is -2.49. The lowest BCUT2D eigenvalue weighted by molar-refractivity contribution is 0.0955. The van der Waals surface area contributed by atoms with Gasteiger partial charge in [-0.1, -0.05) is 31.2 Å². The van der Waals surface area contributed by atoms with Gasteiger partial charge in [0.2, 0.25) is 0 Å². The van der Waals surface area contributed by atoms with Crippen molar-refractivity contribution in [3.8, 4) is 11.4 Å². The number of para-hydroxylation sites is 1. The van der Waals surface area contributed by atoms with Crippen molar-refractivity contribution in [1.29, 1.82) is 0 Å². The van der Waals surface area contributed by atoms with Crippen molar-refractivity contribution in [3.63, 3.8) is 0 Å². The molecule has 0 aliphatic heterocycles. The van der Waals surface area contributed by atoms with Gasteiger partial charge in [0.25, 0.3) is 0 Å². The number of aryl methyl sites for hydroxylation is 2. The first-order valence-corrected chi connectivity index (χ1v) is 13.0. The van der Waals surface area contributed by atoms with Gasteiger partial charge in [0, 0.05) is 16.7 Å². The van der Waals surface area contributed by atoms with Crippen LogP contribution >= 0.6 is 0 Å². The standard InChI is InChI=1S/C30H34N4O/c1-19-27(20(2)34(33-19)22-7-5-4-6-8-22)18-31-32-29-14-13-28-26-11-9-21-17-23(35)10-12-24(21)25(26)15-16-30(28,29)3/h4-8,10,12,17-18,25-26,28,35H,9,11,13-16H2,1-3H3. The third-order valence-corrected chi connectivity index (χ3v) is 9.16. The van der Waals surface area contributed by atoms with Gasteiger partial charge < -0.3 is 5.11 Å². The summed E-state index contributed by atoms with van der Waals surface area (Å²) in [6.07, 6.45) is 8.81. The molecule has 3 aliphatic rings. The fourth-order valence-electron chi connectivity index (χ4n) is 7.34. The minimum Gasteiger partial charge on any atom is -0.508 e. The minimum atomic E-state index is 0.144. The quantitative estimate of drug-likeness (QED) is 0.352. The van der Waals surface area contributed by atoms with Crippen LogP contribution in [0, 0.1) is 31.1 Å².